The first-order chi connectivity index (χ1) is 13.3. The van der Waals surface area contributed by atoms with Gasteiger partial charge in [0.05, 0.1) is 19.6 Å². The summed E-state index contributed by atoms with van der Waals surface area (Å²) < 4.78 is 42.0. The quantitative estimate of drug-likeness (QED) is 0.115. The number of carbonyl (C=O) groups is 2. The molecule has 9 heteroatoms. The fourth-order valence-electron chi connectivity index (χ4n) is 2.74. The van der Waals surface area contributed by atoms with Crippen LogP contribution in [0, 0.1) is 0 Å². The van der Waals surface area contributed by atoms with Crippen LogP contribution < -0.4 is 0 Å². The zero-order chi connectivity index (χ0) is 21.3. The number of ether oxygens (including phenoxy) is 2. The average Bonchev–Trinajstić information content (AvgIpc) is 2.63. The smallest absolute Gasteiger partial charge is 1.00 e. The SMILES string of the molecule is CCCCCCCCOC(=O)CC(C(=O)OCCCCCCCC)S(=O)(=O)O.[Ba+2].[H-].[H-]. The Hall–Kier alpha value is 0.421. The van der Waals surface area contributed by atoms with Gasteiger partial charge in [0.2, 0.25) is 0 Å². The molecule has 170 valence electrons. The predicted octanol–water partition coefficient (Wildman–Crippen LogP) is 4.28. The summed E-state index contributed by atoms with van der Waals surface area (Å²) in [5, 5.41) is -1.93. The topological polar surface area (TPSA) is 107 Å². The Morgan fingerprint density at radius 3 is 1.66 bits per heavy atom. The van der Waals surface area contributed by atoms with Crippen molar-refractivity contribution >= 4 is 70.9 Å². The molecule has 0 aromatic carbocycles. The van der Waals surface area contributed by atoms with Gasteiger partial charge in [-0.1, -0.05) is 78.1 Å². The van der Waals surface area contributed by atoms with Gasteiger partial charge in [-0.3, -0.25) is 14.1 Å². The normalized spacial score (nSPS) is 12.1. The van der Waals surface area contributed by atoms with Gasteiger partial charge in [-0.15, -0.1) is 0 Å². The van der Waals surface area contributed by atoms with E-state index in [-0.39, 0.29) is 64.9 Å². The summed E-state index contributed by atoms with van der Waals surface area (Å²) in [6.07, 6.45) is 11.3. The number of hydrogen-bond acceptors (Lipinski definition) is 6. The van der Waals surface area contributed by atoms with Crippen LogP contribution in [0.25, 0.3) is 0 Å². The number of rotatable bonds is 18. The Morgan fingerprint density at radius 1 is 0.793 bits per heavy atom. The number of esters is 2. The maximum absolute atomic E-state index is 12.0. The van der Waals surface area contributed by atoms with E-state index < -0.39 is 33.7 Å². The van der Waals surface area contributed by atoms with Crippen LogP contribution in [0.2, 0.25) is 0 Å². The van der Waals surface area contributed by atoms with Gasteiger partial charge in [-0.05, 0) is 12.8 Å². The van der Waals surface area contributed by atoms with Crippen molar-refractivity contribution in [1.82, 2.24) is 0 Å². The molecule has 0 aliphatic heterocycles. The Kier molecular flexibility index (Phi) is 22.2. The van der Waals surface area contributed by atoms with E-state index in [1.165, 1.54) is 6.42 Å². The van der Waals surface area contributed by atoms with Crippen molar-refractivity contribution in [1.29, 1.82) is 0 Å². The third-order valence-electron chi connectivity index (χ3n) is 4.48. The minimum Gasteiger partial charge on any atom is -1.00 e. The Labute approximate surface area is 219 Å². The molecule has 0 aliphatic carbocycles. The van der Waals surface area contributed by atoms with Crippen molar-refractivity contribution in [3.8, 4) is 0 Å². The summed E-state index contributed by atoms with van der Waals surface area (Å²) in [6, 6.07) is 0. The van der Waals surface area contributed by atoms with Gasteiger partial charge in [0.1, 0.15) is 0 Å². The third-order valence-corrected chi connectivity index (χ3v) is 5.56. The van der Waals surface area contributed by atoms with E-state index in [9.17, 15) is 22.6 Å². The number of unbranched alkanes of at least 4 members (excludes halogenated alkanes) is 10. The van der Waals surface area contributed by atoms with Crippen LogP contribution in [0.3, 0.4) is 0 Å². The van der Waals surface area contributed by atoms with E-state index >= 15 is 0 Å². The van der Waals surface area contributed by atoms with Gasteiger partial charge >= 0.3 is 60.8 Å². The largest absolute Gasteiger partial charge is 2.00 e. The fourth-order valence-corrected chi connectivity index (χ4v) is 3.39. The molecular weight excluding hydrogens is 522 g/mol. The number of carbonyl (C=O) groups excluding carboxylic acids is 2. The van der Waals surface area contributed by atoms with Crippen molar-refractivity contribution in [2.24, 2.45) is 0 Å². The molecule has 0 aromatic heterocycles. The Balaban J connectivity index is -0.00000121. The molecule has 1 atom stereocenters. The molecule has 1 unspecified atom stereocenters. The van der Waals surface area contributed by atoms with E-state index in [2.05, 4.69) is 13.8 Å². The molecule has 0 spiro atoms. The van der Waals surface area contributed by atoms with Gasteiger partial charge < -0.3 is 12.3 Å². The second-order valence-electron chi connectivity index (χ2n) is 7.13. The van der Waals surface area contributed by atoms with E-state index in [1.807, 2.05) is 0 Å². The van der Waals surface area contributed by atoms with Crippen LogP contribution >= 0.6 is 0 Å². The predicted molar refractivity (Wildman–Crippen MR) is 117 cm³/mol. The molecule has 0 rings (SSSR count). The summed E-state index contributed by atoms with van der Waals surface area (Å²) >= 11 is 0. The molecule has 0 aromatic rings. The molecule has 0 amide bonds. The maximum Gasteiger partial charge on any atom is 2.00 e. The summed E-state index contributed by atoms with van der Waals surface area (Å²) in [6.45, 7) is 4.50. The van der Waals surface area contributed by atoms with Crippen LogP contribution in [0.5, 0.6) is 0 Å². The minimum atomic E-state index is -4.73. The molecule has 0 bridgehead atoms. The second kappa shape index (κ2) is 20.3. The van der Waals surface area contributed by atoms with E-state index in [0.717, 1.165) is 57.8 Å². The van der Waals surface area contributed by atoms with Crippen LogP contribution in [0.4, 0.5) is 0 Å². The molecule has 0 saturated carbocycles. The molecule has 0 saturated heterocycles. The van der Waals surface area contributed by atoms with Crippen molar-refractivity contribution in [2.75, 3.05) is 13.2 Å². The van der Waals surface area contributed by atoms with Crippen LogP contribution in [0.1, 0.15) is 100 Å². The fraction of sp³-hybridized carbons (Fsp3) is 0.900. The molecule has 7 nitrogen and oxygen atoms in total. The minimum absolute atomic E-state index is 0. The van der Waals surface area contributed by atoms with Gasteiger partial charge in [0.25, 0.3) is 10.1 Å². The number of hydrogen-bond donors (Lipinski definition) is 1. The van der Waals surface area contributed by atoms with E-state index in [0.29, 0.717) is 12.8 Å². The molecule has 0 aliphatic rings. The van der Waals surface area contributed by atoms with Crippen molar-refractivity contribution in [3.05, 3.63) is 0 Å². The second-order valence-corrected chi connectivity index (χ2v) is 8.73. The molecule has 0 radical (unpaired) electrons. The standard InChI is InChI=1S/C20H38O7S.Ba.2H/c1-3-5-7-9-11-13-15-26-19(21)17-18(28(23,24)25)20(22)27-16-14-12-10-8-6-4-2;;;/h18H,3-17H2,1-2H3,(H,23,24,25);;;/q;+2;2*-1. The summed E-state index contributed by atoms with van der Waals surface area (Å²) in [5.41, 5.74) is 0. The molecule has 0 fully saturated rings. The van der Waals surface area contributed by atoms with Gasteiger partial charge in [-0.2, -0.15) is 8.42 Å². The first-order valence-corrected chi connectivity index (χ1v) is 12.1. The molecule has 0 heterocycles. The van der Waals surface area contributed by atoms with E-state index in [4.69, 9.17) is 9.47 Å². The summed E-state index contributed by atoms with van der Waals surface area (Å²) in [7, 11) is -4.73. The van der Waals surface area contributed by atoms with Crippen molar-refractivity contribution in [2.45, 2.75) is 103 Å². The maximum atomic E-state index is 12.0. The monoisotopic (exact) mass is 562 g/mol. The average molecular weight is 562 g/mol. The zero-order valence-electron chi connectivity index (χ0n) is 20.2. The van der Waals surface area contributed by atoms with Crippen LogP contribution in [0.15, 0.2) is 0 Å². The van der Waals surface area contributed by atoms with Crippen LogP contribution in [-0.4, -0.2) is 92.3 Å². The van der Waals surface area contributed by atoms with Gasteiger partial charge in [0.15, 0.2) is 5.25 Å². The molecule has 1 N–H and O–H groups in total. The van der Waals surface area contributed by atoms with Crippen molar-refractivity contribution in [3.63, 3.8) is 0 Å². The van der Waals surface area contributed by atoms with Crippen molar-refractivity contribution < 1.29 is 34.9 Å². The first-order valence-electron chi connectivity index (χ1n) is 10.6. The Bertz CT molecular complexity index is 534. The molecular formula is C20H40BaO7S. The van der Waals surface area contributed by atoms with Gasteiger partial charge in [-0.25, -0.2) is 0 Å². The third kappa shape index (κ3) is 18.9. The van der Waals surface area contributed by atoms with Crippen LogP contribution in [-0.2, 0) is 29.2 Å². The molecule has 29 heavy (non-hydrogen) atoms. The van der Waals surface area contributed by atoms with E-state index in [1.54, 1.807) is 0 Å². The van der Waals surface area contributed by atoms with Gasteiger partial charge in [0, 0.05) is 0 Å². The Morgan fingerprint density at radius 2 is 1.21 bits per heavy atom. The summed E-state index contributed by atoms with van der Waals surface area (Å²) in [5.74, 6) is -1.93. The zero-order valence-corrected chi connectivity index (χ0v) is 23.5. The summed E-state index contributed by atoms with van der Waals surface area (Å²) in [4.78, 5) is 23.8. The first kappa shape index (κ1) is 31.6.